The summed E-state index contributed by atoms with van der Waals surface area (Å²) in [5.41, 5.74) is 1.39. The third-order valence-electron chi connectivity index (χ3n) is 3.35. The van der Waals surface area contributed by atoms with Crippen LogP contribution >= 0.6 is 11.6 Å². The SMILES string of the molecule is COc1ccc(CNS(=O)(=O)c2cc(Cl)ccc2C)cc1OC. The molecule has 0 aliphatic carbocycles. The molecule has 0 aromatic heterocycles. The van der Waals surface area contributed by atoms with Crippen LogP contribution in [0.1, 0.15) is 11.1 Å². The Morgan fingerprint density at radius 2 is 1.74 bits per heavy atom. The van der Waals surface area contributed by atoms with Crippen LogP contribution in [0.15, 0.2) is 41.3 Å². The van der Waals surface area contributed by atoms with E-state index in [2.05, 4.69) is 4.72 Å². The minimum atomic E-state index is -3.65. The molecule has 0 bridgehead atoms. The Morgan fingerprint density at radius 3 is 2.39 bits per heavy atom. The molecule has 5 nitrogen and oxygen atoms in total. The van der Waals surface area contributed by atoms with Gasteiger partial charge in [-0.3, -0.25) is 0 Å². The van der Waals surface area contributed by atoms with Gasteiger partial charge < -0.3 is 9.47 Å². The Kier molecular flexibility index (Phi) is 5.51. The van der Waals surface area contributed by atoms with Gasteiger partial charge in [0, 0.05) is 11.6 Å². The molecule has 0 atom stereocenters. The standard InChI is InChI=1S/C16H18ClNO4S/c1-11-4-6-13(17)9-16(11)23(19,20)18-10-12-5-7-14(21-2)15(8-12)22-3/h4-9,18H,10H2,1-3H3. The molecule has 0 spiro atoms. The molecule has 0 fully saturated rings. The van der Waals surface area contributed by atoms with Crippen LogP contribution in [0.4, 0.5) is 0 Å². The van der Waals surface area contributed by atoms with Gasteiger partial charge in [0.05, 0.1) is 19.1 Å². The molecule has 2 rings (SSSR count). The maximum Gasteiger partial charge on any atom is 0.241 e. The molecule has 0 aliphatic heterocycles. The summed E-state index contributed by atoms with van der Waals surface area (Å²) in [6, 6.07) is 10.00. The second-order valence-electron chi connectivity index (χ2n) is 4.92. The number of hydrogen-bond donors (Lipinski definition) is 1. The predicted molar refractivity (Wildman–Crippen MR) is 89.8 cm³/mol. The predicted octanol–water partition coefficient (Wildman–Crippen LogP) is 3.14. The molecule has 0 saturated heterocycles. The monoisotopic (exact) mass is 355 g/mol. The number of halogens is 1. The zero-order chi connectivity index (χ0) is 17.0. The molecular weight excluding hydrogens is 338 g/mol. The highest BCUT2D eigenvalue weighted by atomic mass is 35.5. The van der Waals surface area contributed by atoms with Crippen LogP contribution in [0.3, 0.4) is 0 Å². The lowest BCUT2D eigenvalue weighted by molar-refractivity contribution is 0.354. The largest absolute Gasteiger partial charge is 0.493 e. The van der Waals surface area contributed by atoms with Crippen molar-refractivity contribution in [1.29, 1.82) is 0 Å². The van der Waals surface area contributed by atoms with Crippen molar-refractivity contribution in [3.8, 4) is 11.5 Å². The lowest BCUT2D eigenvalue weighted by atomic mass is 10.2. The normalized spacial score (nSPS) is 11.3. The van der Waals surface area contributed by atoms with Crippen molar-refractivity contribution in [3.63, 3.8) is 0 Å². The van der Waals surface area contributed by atoms with Crippen molar-refractivity contribution in [2.45, 2.75) is 18.4 Å². The topological polar surface area (TPSA) is 64.6 Å². The van der Waals surface area contributed by atoms with Crippen molar-refractivity contribution < 1.29 is 17.9 Å². The van der Waals surface area contributed by atoms with E-state index in [0.717, 1.165) is 5.56 Å². The minimum absolute atomic E-state index is 0.134. The summed E-state index contributed by atoms with van der Waals surface area (Å²) in [4.78, 5) is 0.172. The number of rotatable bonds is 6. The lowest BCUT2D eigenvalue weighted by Crippen LogP contribution is -2.24. The summed E-state index contributed by atoms with van der Waals surface area (Å²) in [5.74, 6) is 1.13. The molecule has 1 N–H and O–H groups in total. The maximum absolute atomic E-state index is 12.4. The van der Waals surface area contributed by atoms with E-state index in [1.807, 2.05) is 0 Å². The van der Waals surface area contributed by atoms with Crippen LogP contribution in [0.2, 0.25) is 5.02 Å². The molecule has 0 heterocycles. The number of benzene rings is 2. The fourth-order valence-corrected chi connectivity index (χ4v) is 3.63. The molecule has 2 aromatic carbocycles. The second-order valence-corrected chi connectivity index (χ2v) is 7.10. The van der Waals surface area contributed by atoms with Gasteiger partial charge in [-0.2, -0.15) is 0 Å². The molecule has 7 heteroatoms. The molecule has 0 unspecified atom stereocenters. The number of methoxy groups -OCH3 is 2. The van der Waals surface area contributed by atoms with Gasteiger partial charge in [-0.15, -0.1) is 0 Å². The van der Waals surface area contributed by atoms with E-state index in [-0.39, 0.29) is 11.4 Å². The van der Waals surface area contributed by atoms with Gasteiger partial charge in [0.1, 0.15) is 0 Å². The van der Waals surface area contributed by atoms with Crippen molar-refractivity contribution in [2.75, 3.05) is 14.2 Å². The number of sulfonamides is 1. The number of aryl methyl sites for hydroxylation is 1. The summed E-state index contributed by atoms with van der Waals surface area (Å²) in [6.45, 7) is 1.86. The van der Waals surface area contributed by atoms with E-state index in [1.165, 1.54) is 13.2 Å². The first-order valence-electron chi connectivity index (χ1n) is 6.84. The van der Waals surface area contributed by atoms with Gasteiger partial charge in [0.25, 0.3) is 0 Å². The Bertz CT molecular complexity index is 806. The van der Waals surface area contributed by atoms with Crippen LogP contribution in [-0.4, -0.2) is 22.6 Å². The van der Waals surface area contributed by atoms with E-state index in [0.29, 0.717) is 22.1 Å². The second kappa shape index (κ2) is 7.21. The van der Waals surface area contributed by atoms with Crippen molar-refractivity contribution >= 4 is 21.6 Å². The summed E-state index contributed by atoms with van der Waals surface area (Å²) in [6.07, 6.45) is 0. The number of hydrogen-bond acceptors (Lipinski definition) is 4. The fourth-order valence-electron chi connectivity index (χ4n) is 2.11. The Hall–Kier alpha value is -1.76. The summed E-state index contributed by atoms with van der Waals surface area (Å²) in [5, 5.41) is 0.377. The first-order valence-corrected chi connectivity index (χ1v) is 8.70. The van der Waals surface area contributed by atoms with Crippen LogP contribution in [0, 0.1) is 6.92 Å². The highest BCUT2D eigenvalue weighted by Gasteiger charge is 2.17. The van der Waals surface area contributed by atoms with Crippen molar-refractivity contribution in [3.05, 3.63) is 52.5 Å². The molecule has 0 saturated carbocycles. The van der Waals surface area contributed by atoms with E-state index >= 15 is 0 Å². The van der Waals surface area contributed by atoms with Crippen LogP contribution < -0.4 is 14.2 Å². The Morgan fingerprint density at radius 1 is 1.04 bits per heavy atom. The maximum atomic E-state index is 12.4. The smallest absolute Gasteiger partial charge is 0.241 e. The third-order valence-corrected chi connectivity index (χ3v) is 5.13. The molecule has 0 aliphatic rings. The molecule has 0 amide bonds. The Labute approximate surface area is 141 Å². The van der Waals surface area contributed by atoms with Crippen molar-refractivity contribution in [1.82, 2.24) is 4.72 Å². The number of nitrogens with one attached hydrogen (secondary N) is 1. The zero-order valence-corrected chi connectivity index (χ0v) is 14.7. The zero-order valence-electron chi connectivity index (χ0n) is 13.1. The van der Waals surface area contributed by atoms with E-state index in [4.69, 9.17) is 21.1 Å². The first kappa shape index (κ1) is 17.6. The quantitative estimate of drug-likeness (QED) is 0.864. The average Bonchev–Trinajstić information content (AvgIpc) is 2.54. The molecular formula is C16H18ClNO4S. The van der Waals surface area contributed by atoms with Crippen molar-refractivity contribution in [2.24, 2.45) is 0 Å². The summed E-state index contributed by atoms with van der Waals surface area (Å²) < 4.78 is 37.8. The van der Waals surface area contributed by atoms with Crippen LogP contribution in [-0.2, 0) is 16.6 Å². The molecule has 0 radical (unpaired) electrons. The highest BCUT2D eigenvalue weighted by Crippen LogP contribution is 2.27. The van der Waals surface area contributed by atoms with Gasteiger partial charge in [-0.1, -0.05) is 23.7 Å². The van der Waals surface area contributed by atoms with Gasteiger partial charge in [-0.25, -0.2) is 13.1 Å². The van der Waals surface area contributed by atoms with Gasteiger partial charge in [-0.05, 0) is 42.3 Å². The van der Waals surface area contributed by atoms with E-state index in [1.54, 1.807) is 44.4 Å². The molecule has 2 aromatic rings. The van der Waals surface area contributed by atoms with Crippen LogP contribution in [0.5, 0.6) is 11.5 Å². The van der Waals surface area contributed by atoms with Gasteiger partial charge in [0.2, 0.25) is 10.0 Å². The fraction of sp³-hybridized carbons (Fsp3) is 0.250. The average molecular weight is 356 g/mol. The van der Waals surface area contributed by atoms with Crippen LogP contribution in [0.25, 0.3) is 0 Å². The molecule has 124 valence electrons. The van der Waals surface area contributed by atoms with E-state index < -0.39 is 10.0 Å². The van der Waals surface area contributed by atoms with E-state index in [9.17, 15) is 8.42 Å². The number of ether oxygens (including phenoxy) is 2. The third kappa shape index (κ3) is 4.16. The minimum Gasteiger partial charge on any atom is -0.493 e. The summed E-state index contributed by atoms with van der Waals surface area (Å²) >= 11 is 5.89. The lowest BCUT2D eigenvalue weighted by Gasteiger charge is -2.12. The Balaban J connectivity index is 2.21. The van der Waals surface area contributed by atoms with Gasteiger partial charge >= 0.3 is 0 Å². The van der Waals surface area contributed by atoms with Gasteiger partial charge in [0.15, 0.2) is 11.5 Å². The highest BCUT2D eigenvalue weighted by molar-refractivity contribution is 7.89. The molecule has 23 heavy (non-hydrogen) atoms. The summed E-state index contributed by atoms with van der Waals surface area (Å²) in [7, 11) is -0.581. The first-order chi connectivity index (χ1) is 10.9.